The number of hydrogen-bond acceptors (Lipinski definition) is 4. The average molecular weight is 528 g/mol. The van der Waals surface area contributed by atoms with E-state index >= 15 is 0 Å². The molecule has 1 aliphatic heterocycles. The van der Waals surface area contributed by atoms with E-state index in [9.17, 15) is 0 Å². The van der Waals surface area contributed by atoms with Crippen molar-refractivity contribution < 1.29 is 14.2 Å². The Kier molecular flexibility index (Phi) is 9.29. The molecule has 142 valence electrons. The molecule has 1 saturated heterocycles. The molecule has 25 heavy (non-hydrogen) atoms. The van der Waals surface area contributed by atoms with Gasteiger partial charge in [-0.05, 0) is 37.5 Å². The fourth-order valence-electron chi connectivity index (χ4n) is 2.68. The lowest BCUT2D eigenvalue weighted by atomic mass is 10.0. The van der Waals surface area contributed by atoms with E-state index in [-0.39, 0.29) is 29.6 Å². The molecule has 2 rings (SSSR count). The zero-order valence-corrected chi connectivity index (χ0v) is 19.1. The number of ether oxygens (including phenoxy) is 3. The first-order chi connectivity index (χ1) is 11.5. The van der Waals surface area contributed by atoms with Gasteiger partial charge in [0.05, 0.1) is 19.8 Å². The van der Waals surface area contributed by atoms with Crippen molar-refractivity contribution in [3.05, 3.63) is 22.2 Å². The van der Waals surface area contributed by atoms with Gasteiger partial charge in [0, 0.05) is 31.2 Å². The molecule has 0 aliphatic carbocycles. The Morgan fingerprint density at radius 2 is 1.96 bits per heavy atom. The molecular weight excluding hydrogens is 501 g/mol. The Hall–Kier alpha value is -0.740. The lowest BCUT2D eigenvalue weighted by Gasteiger charge is -2.24. The van der Waals surface area contributed by atoms with Gasteiger partial charge in [-0.2, -0.15) is 0 Å². The Bertz CT molecular complexity index is 593. The van der Waals surface area contributed by atoms with Gasteiger partial charge in [0.1, 0.15) is 0 Å². The number of nitrogens with one attached hydrogen (secondary N) is 2. The Morgan fingerprint density at radius 3 is 2.52 bits per heavy atom. The van der Waals surface area contributed by atoms with Gasteiger partial charge in [0.25, 0.3) is 0 Å². The van der Waals surface area contributed by atoms with Crippen molar-refractivity contribution in [3.8, 4) is 11.5 Å². The van der Waals surface area contributed by atoms with Crippen molar-refractivity contribution in [3.63, 3.8) is 0 Å². The topological polar surface area (TPSA) is 64.1 Å². The summed E-state index contributed by atoms with van der Waals surface area (Å²) in [4.78, 5) is 4.27. The van der Waals surface area contributed by atoms with Gasteiger partial charge in [-0.15, -0.1) is 24.0 Å². The summed E-state index contributed by atoms with van der Waals surface area (Å²) >= 11 is 3.57. The van der Waals surface area contributed by atoms with E-state index in [4.69, 9.17) is 14.2 Å². The summed E-state index contributed by atoms with van der Waals surface area (Å²) in [6.07, 6.45) is 2.18. The molecule has 1 unspecified atom stereocenters. The molecule has 1 aromatic rings. The summed E-state index contributed by atoms with van der Waals surface area (Å²) in [6.45, 7) is 4.31. The summed E-state index contributed by atoms with van der Waals surface area (Å²) in [7, 11) is 5.02. The highest BCUT2D eigenvalue weighted by molar-refractivity contribution is 14.0. The van der Waals surface area contributed by atoms with E-state index in [0.29, 0.717) is 18.0 Å². The maximum absolute atomic E-state index is 5.79. The summed E-state index contributed by atoms with van der Waals surface area (Å²) < 4.78 is 17.4. The third-order valence-corrected chi connectivity index (χ3v) is 4.89. The maximum atomic E-state index is 5.79. The Balaban J connectivity index is 0.00000312. The second-order valence-electron chi connectivity index (χ2n) is 5.98. The number of aliphatic imine (C=N–C) groups is 1. The molecule has 0 spiro atoms. The third-order valence-electron chi connectivity index (χ3n) is 4.15. The molecule has 1 heterocycles. The largest absolute Gasteiger partial charge is 0.493 e. The number of rotatable bonds is 6. The first-order valence-electron chi connectivity index (χ1n) is 8.00. The molecular formula is C17H27BrIN3O3. The average Bonchev–Trinajstić information content (AvgIpc) is 3.02. The van der Waals surface area contributed by atoms with Gasteiger partial charge >= 0.3 is 0 Å². The summed E-state index contributed by atoms with van der Waals surface area (Å²) in [5, 5.41) is 6.65. The molecule has 1 aliphatic rings. The molecule has 0 aromatic heterocycles. The summed E-state index contributed by atoms with van der Waals surface area (Å²) in [5.41, 5.74) is 0.945. The van der Waals surface area contributed by atoms with E-state index in [0.717, 1.165) is 42.0 Å². The number of methoxy groups -OCH3 is 2. The van der Waals surface area contributed by atoms with Gasteiger partial charge in [-0.25, -0.2) is 0 Å². The van der Waals surface area contributed by atoms with E-state index in [1.807, 2.05) is 12.1 Å². The van der Waals surface area contributed by atoms with Crippen LogP contribution >= 0.6 is 39.9 Å². The zero-order valence-electron chi connectivity index (χ0n) is 15.1. The number of hydrogen-bond donors (Lipinski definition) is 2. The quantitative estimate of drug-likeness (QED) is 0.337. The van der Waals surface area contributed by atoms with Crippen LogP contribution in [0, 0.1) is 0 Å². The van der Waals surface area contributed by atoms with Crippen LogP contribution in [0.4, 0.5) is 0 Å². The number of benzene rings is 1. The first-order valence-corrected chi connectivity index (χ1v) is 8.79. The molecule has 0 radical (unpaired) electrons. The second kappa shape index (κ2) is 10.4. The number of halogens is 2. The van der Waals surface area contributed by atoms with Gasteiger partial charge in [0.15, 0.2) is 17.5 Å². The number of guanidine groups is 1. The zero-order chi connectivity index (χ0) is 17.6. The van der Waals surface area contributed by atoms with E-state index < -0.39 is 0 Å². The summed E-state index contributed by atoms with van der Waals surface area (Å²) in [6, 6.07) is 3.85. The molecule has 6 nitrogen and oxygen atoms in total. The molecule has 8 heteroatoms. The molecule has 0 saturated carbocycles. The molecule has 1 aromatic carbocycles. The predicted octanol–water partition coefficient (Wildman–Crippen LogP) is 3.32. The Labute approximate surface area is 175 Å². The van der Waals surface area contributed by atoms with Gasteiger partial charge in [-0.3, -0.25) is 4.99 Å². The highest BCUT2D eigenvalue weighted by Crippen LogP contribution is 2.33. The SMILES string of the molecule is CN=C(NCc1cc(OC)c(OC)cc1Br)NCC1(C)CCCO1.I. The second-order valence-corrected chi connectivity index (χ2v) is 6.83. The van der Waals surface area contributed by atoms with Crippen LogP contribution in [0.1, 0.15) is 25.3 Å². The monoisotopic (exact) mass is 527 g/mol. The minimum absolute atomic E-state index is 0. The van der Waals surface area contributed by atoms with E-state index in [2.05, 4.69) is 38.5 Å². The Morgan fingerprint density at radius 1 is 1.28 bits per heavy atom. The van der Waals surface area contributed by atoms with Gasteiger partial charge in [0.2, 0.25) is 0 Å². The first kappa shape index (κ1) is 22.3. The highest BCUT2D eigenvalue weighted by atomic mass is 127. The highest BCUT2D eigenvalue weighted by Gasteiger charge is 2.29. The normalized spacial score (nSPS) is 20.0. The van der Waals surface area contributed by atoms with Crippen molar-refractivity contribution in [2.45, 2.75) is 31.9 Å². The van der Waals surface area contributed by atoms with Crippen LogP contribution in [0.5, 0.6) is 11.5 Å². The van der Waals surface area contributed by atoms with Crippen LogP contribution in [0.15, 0.2) is 21.6 Å². The number of nitrogens with zero attached hydrogens (tertiary/aromatic N) is 1. The van der Waals surface area contributed by atoms with E-state index in [1.54, 1.807) is 21.3 Å². The van der Waals surface area contributed by atoms with Crippen molar-refractivity contribution in [1.82, 2.24) is 10.6 Å². The molecule has 1 fully saturated rings. The minimum Gasteiger partial charge on any atom is -0.493 e. The molecule has 0 bridgehead atoms. The van der Waals surface area contributed by atoms with Crippen molar-refractivity contribution in [2.75, 3.05) is 34.4 Å². The maximum Gasteiger partial charge on any atom is 0.191 e. The van der Waals surface area contributed by atoms with Crippen LogP contribution in [-0.2, 0) is 11.3 Å². The van der Waals surface area contributed by atoms with Crippen LogP contribution in [0.2, 0.25) is 0 Å². The van der Waals surface area contributed by atoms with Crippen molar-refractivity contribution in [1.29, 1.82) is 0 Å². The minimum atomic E-state index is -0.110. The van der Waals surface area contributed by atoms with Crippen LogP contribution in [0.3, 0.4) is 0 Å². The fraction of sp³-hybridized carbons (Fsp3) is 0.588. The van der Waals surface area contributed by atoms with Gasteiger partial charge < -0.3 is 24.8 Å². The smallest absolute Gasteiger partial charge is 0.191 e. The lowest BCUT2D eigenvalue weighted by molar-refractivity contribution is 0.0243. The fourth-order valence-corrected chi connectivity index (χ4v) is 3.14. The van der Waals surface area contributed by atoms with Crippen molar-refractivity contribution in [2.24, 2.45) is 4.99 Å². The molecule has 0 amide bonds. The lowest BCUT2D eigenvalue weighted by Crippen LogP contribution is -2.45. The predicted molar refractivity (Wildman–Crippen MR) is 114 cm³/mol. The molecule has 2 N–H and O–H groups in total. The standard InChI is InChI=1S/C17H26BrN3O3.HI/c1-17(6-5-7-24-17)11-21-16(19-2)20-10-12-8-14(22-3)15(23-4)9-13(12)18;/h8-9H,5-7,10-11H2,1-4H3,(H2,19,20,21);1H. The van der Waals surface area contributed by atoms with Crippen LogP contribution < -0.4 is 20.1 Å². The van der Waals surface area contributed by atoms with Crippen molar-refractivity contribution >= 4 is 45.9 Å². The van der Waals surface area contributed by atoms with Gasteiger partial charge in [-0.1, -0.05) is 15.9 Å². The van der Waals surface area contributed by atoms with Crippen LogP contribution in [0.25, 0.3) is 0 Å². The summed E-state index contributed by atoms with van der Waals surface area (Å²) in [5.74, 6) is 2.14. The van der Waals surface area contributed by atoms with Crippen LogP contribution in [-0.4, -0.2) is 46.0 Å². The third kappa shape index (κ3) is 6.18. The van der Waals surface area contributed by atoms with E-state index in [1.165, 1.54) is 0 Å². The molecule has 1 atom stereocenters.